The van der Waals surface area contributed by atoms with Gasteiger partial charge in [-0.15, -0.1) is 0 Å². The molecule has 3 N–H and O–H groups in total. The Morgan fingerprint density at radius 1 is 1.00 bits per heavy atom. The number of carboxylic acid groups (broad SMARTS) is 2. The van der Waals surface area contributed by atoms with Crippen LogP contribution >= 0.6 is 0 Å². The minimum absolute atomic E-state index is 0.0463. The number of aliphatic hydroxyl groups excluding tert-OH is 1. The smallest absolute Gasteiger partial charge is 0.303 e. The summed E-state index contributed by atoms with van der Waals surface area (Å²) in [6.45, 7) is 2.95. The van der Waals surface area contributed by atoms with Crippen molar-refractivity contribution in [3.05, 3.63) is 0 Å². The average Bonchev–Trinajstić information content (AvgIpc) is 2.12. The fourth-order valence-electron chi connectivity index (χ4n) is 0.615. The van der Waals surface area contributed by atoms with Crippen LogP contribution in [0.25, 0.3) is 0 Å². The van der Waals surface area contributed by atoms with E-state index in [-0.39, 0.29) is 25.0 Å². The molecule has 0 aliphatic carbocycles. The van der Waals surface area contributed by atoms with Crippen molar-refractivity contribution in [2.75, 3.05) is 0 Å². The van der Waals surface area contributed by atoms with Gasteiger partial charge in [-0.2, -0.15) is 0 Å². The number of aliphatic carboxylic acids is 2. The van der Waals surface area contributed by atoms with Gasteiger partial charge in [0.05, 0.1) is 12.5 Å². The van der Waals surface area contributed by atoms with Gasteiger partial charge in [0, 0.05) is 12.8 Å². The normalized spacial score (nSPS) is 10.9. The summed E-state index contributed by atoms with van der Waals surface area (Å²) in [4.78, 5) is 29.6. The molecular weight excluding hydrogens is 216 g/mol. The van der Waals surface area contributed by atoms with Gasteiger partial charge in [-0.3, -0.25) is 9.59 Å². The number of rotatable bonds is 6. The van der Waals surface area contributed by atoms with Crippen molar-refractivity contribution in [1.29, 1.82) is 0 Å². The highest BCUT2D eigenvalue weighted by atomic mass is 16.4. The lowest BCUT2D eigenvalue weighted by atomic mass is 10.2. The molecule has 0 saturated heterocycles. The first-order valence-corrected chi connectivity index (χ1v) is 4.86. The Morgan fingerprint density at radius 2 is 1.44 bits per heavy atom. The van der Waals surface area contributed by atoms with Gasteiger partial charge in [-0.1, -0.05) is 0 Å². The van der Waals surface area contributed by atoms with Crippen molar-refractivity contribution in [2.45, 2.75) is 45.6 Å². The number of carbonyl (C=O) groups excluding carboxylic acids is 1. The second kappa shape index (κ2) is 10.1. The van der Waals surface area contributed by atoms with Crippen LogP contribution in [-0.4, -0.2) is 39.1 Å². The SMILES string of the molecule is CC(=O)CCC(=O)O.CC(O)CCC(=O)O. The van der Waals surface area contributed by atoms with Gasteiger partial charge in [-0.25, -0.2) is 0 Å². The quantitative estimate of drug-likeness (QED) is 0.622. The summed E-state index contributed by atoms with van der Waals surface area (Å²) in [6.07, 6.45) is 0.00333. The maximum absolute atomic E-state index is 10.1. The topological polar surface area (TPSA) is 112 Å². The molecule has 1 atom stereocenters. The molecule has 0 aromatic carbocycles. The molecule has 0 heterocycles. The first kappa shape index (κ1) is 17.0. The zero-order valence-electron chi connectivity index (χ0n) is 9.47. The van der Waals surface area contributed by atoms with Crippen LogP contribution in [0.5, 0.6) is 0 Å². The van der Waals surface area contributed by atoms with Crippen LogP contribution in [0.1, 0.15) is 39.5 Å². The molecule has 16 heavy (non-hydrogen) atoms. The molecular formula is C10H18O6. The minimum Gasteiger partial charge on any atom is -0.481 e. The van der Waals surface area contributed by atoms with Crippen molar-refractivity contribution >= 4 is 17.7 Å². The molecule has 0 aromatic heterocycles. The molecule has 0 aliphatic heterocycles. The van der Waals surface area contributed by atoms with Crippen molar-refractivity contribution in [3.8, 4) is 0 Å². The summed E-state index contributed by atoms with van der Waals surface area (Å²) in [5.74, 6) is -1.85. The average molecular weight is 234 g/mol. The van der Waals surface area contributed by atoms with Gasteiger partial charge >= 0.3 is 11.9 Å². The Hall–Kier alpha value is -1.43. The maximum Gasteiger partial charge on any atom is 0.303 e. The summed E-state index contributed by atoms with van der Waals surface area (Å²) in [7, 11) is 0. The van der Waals surface area contributed by atoms with Crippen LogP contribution in [0.3, 0.4) is 0 Å². The fraction of sp³-hybridized carbons (Fsp3) is 0.700. The van der Waals surface area contributed by atoms with Gasteiger partial charge in [-0.05, 0) is 20.3 Å². The van der Waals surface area contributed by atoms with Crippen molar-refractivity contribution in [2.24, 2.45) is 0 Å². The zero-order valence-corrected chi connectivity index (χ0v) is 9.47. The summed E-state index contributed by atoms with van der Waals surface area (Å²) < 4.78 is 0. The van der Waals surface area contributed by atoms with E-state index in [0.717, 1.165) is 0 Å². The molecule has 0 rings (SSSR count). The largest absolute Gasteiger partial charge is 0.481 e. The predicted molar refractivity (Wildman–Crippen MR) is 56.1 cm³/mol. The van der Waals surface area contributed by atoms with E-state index < -0.39 is 18.0 Å². The number of hydrogen-bond acceptors (Lipinski definition) is 4. The van der Waals surface area contributed by atoms with E-state index in [1.54, 1.807) is 6.92 Å². The van der Waals surface area contributed by atoms with Crippen molar-refractivity contribution in [3.63, 3.8) is 0 Å². The molecule has 6 heteroatoms. The predicted octanol–water partition coefficient (Wildman–Crippen LogP) is 0.672. The van der Waals surface area contributed by atoms with Gasteiger partial charge in [0.25, 0.3) is 0 Å². The van der Waals surface area contributed by atoms with E-state index in [2.05, 4.69) is 0 Å². The summed E-state index contributed by atoms with van der Waals surface area (Å²) in [5.41, 5.74) is 0. The highest BCUT2D eigenvalue weighted by molar-refractivity contribution is 5.80. The molecule has 0 aliphatic rings. The maximum atomic E-state index is 10.1. The van der Waals surface area contributed by atoms with Gasteiger partial charge in [0.15, 0.2) is 0 Å². The Bertz CT molecular complexity index is 219. The monoisotopic (exact) mass is 234 g/mol. The highest BCUT2D eigenvalue weighted by Crippen LogP contribution is 1.93. The molecule has 0 saturated carbocycles. The molecule has 0 bridgehead atoms. The van der Waals surface area contributed by atoms with Gasteiger partial charge < -0.3 is 20.1 Å². The number of carbonyl (C=O) groups is 3. The highest BCUT2D eigenvalue weighted by Gasteiger charge is 1.99. The fourth-order valence-corrected chi connectivity index (χ4v) is 0.615. The minimum atomic E-state index is -0.916. The van der Waals surface area contributed by atoms with Gasteiger partial charge in [0.2, 0.25) is 0 Å². The number of aliphatic hydroxyl groups is 1. The molecule has 0 radical (unpaired) electrons. The van der Waals surface area contributed by atoms with E-state index in [0.29, 0.717) is 6.42 Å². The Kier molecular flexibility index (Phi) is 10.7. The Morgan fingerprint density at radius 3 is 1.56 bits per heavy atom. The molecule has 94 valence electrons. The summed E-state index contributed by atoms with van der Waals surface area (Å²) >= 11 is 0. The van der Waals surface area contributed by atoms with E-state index in [4.69, 9.17) is 15.3 Å². The summed E-state index contributed by atoms with van der Waals surface area (Å²) in [5, 5.41) is 24.6. The van der Waals surface area contributed by atoms with E-state index in [1.165, 1.54) is 6.92 Å². The number of Topliss-reactive ketones (excluding diaryl/α,β-unsaturated/α-hetero) is 1. The molecule has 0 amide bonds. The third kappa shape index (κ3) is 22.9. The number of hydrogen-bond donors (Lipinski definition) is 3. The summed E-state index contributed by atoms with van der Waals surface area (Å²) in [6, 6.07) is 0. The third-order valence-corrected chi connectivity index (χ3v) is 1.47. The van der Waals surface area contributed by atoms with E-state index >= 15 is 0 Å². The molecule has 0 fully saturated rings. The third-order valence-electron chi connectivity index (χ3n) is 1.47. The lowest BCUT2D eigenvalue weighted by molar-refractivity contribution is -0.138. The standard InChI is InChI=1S/C5H10O3.C5H8O3/c2*1-4(6)2-3-5(7)8/h4,6H,2-3H2,1H3,(H,7,8);2-3H2,1H3,(H,7,8). The zero-order chi connectivity index (χ0) is 13.1. The Labute approximate surface area is 93.9 Å². The second-order valence-electron chi connectivity index (χ2n) is 3.38. The van der Waals surface area contributed by atoms with Crippen LogP contribution in [0.15, 0.2) is 0 Å². The first-order valence-electron chi connectivity index (χ1n) is 4.86. The van der Waals surface area contributed by atoms with Crippen LogP contribution < -0.4 is 0 Å². The van der Waals surface area contributed by atoms with Crippen molar-refractivity contribution in [1.82, 2.24) is 0 Å². The first-order chi connectivity index (χ1) is 7.25. The van der Waals surface area contributed by atoms with Crippen molar-refractivity contribution < 1.29 is 29.7 Å². The van der Waals surface area contributed by atoms with E-state index in [1.807, 2.05) is 0 Å². The lowest BCUT2D eigenvalue weighted by Crippen LogP contribution is -2.03. The van der Waals surface area contributed by atoms with Gasteiger partial charge in [0.1, 0.15) is 5.78 Å². The second-order valence-corrected chi connectivity index (χ2v) is 3.38. The van der Waals surface area contributed by atoms with E-state index in [9.17, 15) is 14.4 Å². The lowest BCUT2D eigenvalue weighted by Gasteiger charge is -1.97. The van der Waals surface area contributed by atoms with Crippen LogP contribution in [-0.2, 0) is 14.4 Å². The number of carboxylic acids is 2. The molecule has 1 unspecified atom stereocenters. The van der Waals surface area contributed by atoms with Crippen LogP contribution in [0, 0.1) is 0 Å². The number of ketones is 1. The molecule has 0 spiro atoms. The Balaban J connectivity index is 0. The van der Waals surface area contributed by atoms with Crippen LogP contribution in [0.4, 0.5) is 0 Å². The van der Waals surface area contributed by atoms with Crippen LogP contribution in [0.2, 0.25) is 0 Å². The molecule has 0 aromatic rings. The molecule has 6 nitrogen and oxygen atoms in total.